The summed E-state index contributed by atoms with van der Waals surface area (Å²) in [7, 11) is -3.97. The van der Waals surface area contributed by atoms with Crippen LogP contribution in [0.2, 0.25) is 5.02 Å². The maximum absolute atomic E-state index is 13.4. The van der Waals surface area contributed by atoms with Gasteiger partial charge in [0.05, 0.1) is 10.6 Å². The van der Waals surface area contributed by atoms with E-state index in [0.29, 0.717) is 22.0 Å². The van der Waals surface area contributed by atoms with Crippen LogP contribution in [0.1, 0.15) is 11.1 Å². The molecule has 0 radical (unpaired) electrons. The van der Waals surface area contributed by atoms with E-state index in [9.17, 15) is 13.2 Å². The van der Waals surface area contributed by atoms with Crippen molar-refractivity contribution in [2.24, 2.45) is 0 Å². The van der Waals surface area contributed by atoms with E-state index >= 15 is 0 Å². The molecule has 1 N–H and O–H groups in total. The van der Waals surface area contributed by atoms with E-state index in [4.69, 9.17) is 11.6 Å². The number of carbonyl (C=O) groups is 1. The number of nitrogens with zero attached hydrogens (tertiary/aromatic N) is 1. The standard InChI is InChI=1S/C22H20BrClN2O3S/c1-15-13-18(9-10-20(15)23)25-22(27)14-26(21-11-8-17(24)12-16(21)2)30(28,29)19-6-4-3-5-7-19/h3-13H,14H2,1-2H3,(H,25,27). The van der Waals surface area contributed by atoms with Crippen molar-refractivity contribution in [1.82, 2.24) is 0 Å². The first-order chi connectivity index (χ1) is 14.2. The minimum Gasteiger partial charge on any atom is -0.325 e. The monoisotopic (exact) mass is 506 g/mol. The maximum atomic E-state index is 13.4. The van der Waals surface area contributed by atoms with Crippen molar-refractivity contribution < 1.29 is 13.2 Å². The fourth-order valence-corrected chi connectivity index (χ4v) is 4.95. The molecular weight excluding hydrogens is 488 g/mol. The molecule has 0 fully saturated rings. The molecule has 0 saturated carbocycles. The van der Waals surface area contributed by atoms with Crippen LogP contribution in [-0.4, -0.2) is 20.9 Å². The van der Waals surface area contributed by atoms with Crippen LogP contribution < -0.4 is 9.62 Å². The molecule has 156 valence electrons. The van der Waals surface area contributed by atoms with Gasteiger partial charge in [-0.3, -0.25) is 9.10 Å². The fourth-order valence-electron chi connectivity index (χ4n) is 2.97. The molecule has 8 heteroatoms. The highest BCUT2D eigenvalue weighted by molar-refractivity contribution is 9.10. The Hall–Kier alpha value is -2.35. The van der Waals surface area contributed by atoms with Crippen LogP contribution in [0.15, 0.2) is 76.1 Å². The summed E-state index contributed by atoms with van der Waals surface area (Å²) in [6.07, 6.45) is 0. The van der Waals surface area contributed by atoms with Crippen molar-refractivity contribution in [1.29, 1.82) is 0 Å². The molecule has 0 atom stereocenters. The smallest absolute Gasteiger partial charge is 0.264 e. The van der Waals surface area contributed by atoms with Crippen molar-refractivity contribution in [3.05, 3.63) is 87.4 Å². The number of aryl methyl sites for hydroxylation is 2. The zero-order valence-corrected chi connectivity index (χ0v) is 19.6. The fraction of sp³-hybridized carbons (Fsp3) is 0.136. The molecule has 3 rings (SSSR count). The summed E-state index contributed by atoms with van der Waals surface area (Å²) in [6.45, 7) is 3.28. The number of rotatable bonds is 6. The molecule has 0 bridgehead atoms. The van der Waals surface area contributed by atoms with Crippen LogP contribution in [-0.2, 0) is 14.8 Å². The van der Waals surface area contributed by atoms with Crippen molar-refractivity contribution in [3.63, 3.8) is 0 Å². The Morgan fingerprint density at radius 2 is 1.70 bits per heavy atom. The summed E-state index contributed by atoms with van der Waals surface area (Å²) in [6, 6.07) is 18.3. The third-order valence-corrected chi connectivity index (χ3v) is 7.39. The van der Waals surface area contributed by atoms with Crippen molar-refractivity contribution in [2.45, 2.75) is 18.7 Å². The second kappa shape index (κ2) is 9.20. The van der Waals surface area contributed by atoms with Gasteiger partial charge in [-0.1, -0.05) is 45.7 Å². The van der Waals surface area contributed by atoms with Gasteiger partial charge in [0, 0.05) is 15.2 Å². The summed E-state index contributed by atoms with van der Waals surface area (Å²) < 4.78 is 28.8. The molecule has 0 spiro atoms. The highest BCUT2D eigenvalue weighted by atomic mass is 79.9. The van der Waals surface area contributed by atoms with Crippen LogP contribution >= 0.6 is 27.5 Å². The molecule has 0 heterocycles. The number of anilines is 2. The van der Waals surface area contributed by atoms with Gasteiger partial charge in [0.25, 0.3) is 10.0 Å². The molecule has 0 aliphatic heterocycles. The lowest BCUT2D eigenvalue weighted by molar-refractivity contribution is -0.114. The van der Waals surface area contributed by atoms with Crippen LogP contribution in [0.4, 0.5) is 11.4 Å². The highest BCUT2D eigenvalue weighted by Crippen LogP contribution is 2.29. The number of amides is 1. The van der Waals surface area contributed by atoms with E-state index in [1.54, 1.807) is 49.4 Å². The average molecular weight is 508 g/mol. The molecule has 3 aromatic rings. The zero-order chi connectivity index (χ0) is 21.9. The number of hydrogen-bond donors (Lipinski definition) is 1. The quantitative estimate of drug-likeness (QED) is 0.475. The number of hydrogen-bond acceptors (Lipinski definition) is 3. The third-order valence-electron chi connectivity index (χ3n) is 4.49. The Morgan fingerprint density at radius 1 is 1.00 bits per heavy atom. The predicted octanol–water partition coefficient (Wildman–Crippen LogP) is 5.55. The molecule has 0 aromatic heterocycles. The summed E-state index contributed by atoms with van der Waals surface area (Å²) in [5, 5.41) is 3.26. The topological polar surface area (TPSA) is 66.5 Å². The van der Waals surface area contributed by atoms with Gasteiger partial charge in [-0.05, 0) is 73.5 Å². The van der Waals surface area contributed by atoms with Gasteiger partial charge in [-0.15, -0.1) is 0 Å². The first-order valence-corrected chi connectivity index (χ1v) is 11.7. The number of nitrogens with one attached hydrogen (secondary N) is 1. The molecule has 1 amide bonds. The Kier molecular flexibility index (Phi) is 6.85. The Labute approximate surface area is 189 Å². The molecule has 0 saturated heterocycles. The van der Waals surface area contributed by atoms with Crippen LogP contribution in [0.5, 0.6) is 0 Å². The van der Waals surface area contributed by atoms with Gasteiger partial charge in [-0.2, -0.15) is 0 Å². The lowest BCUT2D eigenvalue weighted by Gasteiger charge is -2.25. The minimum absolute atomic E-state index is 0.103. The highest BCUT2D eigenvalue weighted by Gasteiger charge is 2.28. The van der Waals surface area contributed by atoms with Crippen LogP contribution in [0.25, 0.3) is 0 Å². The number of sulfonamides is 1. The van der Waals surface area contributed by atoms with Gasteiger partial charge in [0.15, 0.2) is 0 Å². The van der Waals surface area contributed by atoms with E-state index in [1.165, 1.54) is 12.1 Å². The van der Waals surface area contributed by atoms with E-state index < -0.39 is 15.9 Å². The van der Waals surface area contributed by atoms with Gasteiger partial charge in [0.1, 0.15) is 6.54 Å². The third kappa shape index (κ3) is 5.03. The van der Waals surface area contributed by atoms with Gasteiger partial charge in [0.2, 0.25) is 5.91 Å². The largest absolute Gasteiger partial charge is 0.325 e. The zero-order valence-electron chi connectivity index (χ0n) is 16.4. The summed E-state index contributed by atoms with van der Waals surface area (Å²) in [5.41, 5.74) is 2.58. The molecule has 0 aliphatic carbocycles. The normalized spacial score (nSPS) is 11.2. The first-order valence-electron chi connectivity index (χ1n) is 9.08. The summed E-state index contributed by atoms with van der Waals surface area (Å²) in [4.78, 5) is 12.9. The van der Waals surface area contributed by atoms with E-state index in [1.807, 2.05) is 19.1 Å². The van der Waals surface area contributed by atoms with Crippen LogP contribution in [0, 0.1) is 13.8 Å². The molecule has 0 unspecified atom stereocenters. The number of carbonyl (C=O) groups excluding carboxylic acids is 1. The Bertz CT molecular complexity index is 1180. The lowest BCUT2D eigenvalue weighted by atomic mass is 10.2. The molecule has 30 heavy (non-hydrogen) atoms. The average Bonchev–Trinajstić information content (AvgIpc) is 2.70. The van der Waals surface area contributed by atoms with Crippen molar-refractivity contribution >= 4 is 54.8 Å². The number of benzene rings is 3. The predicted molar refractivity (Wildman–Crippen MR) is 125 cm³/mol. The summed E-state index contributed by atoms with van der Waals surface area (Å²) in [5.74, 6) is -0.453. The van der Waals surface area contributed by atoms with Gasteiger partial charge in [-0.25, -0.2) is 8.42 Å². The molecule has 3 aromatic carbocycles. The Morgan fingerprint density at radius 3 is 2.33 bits per heavy atom. The second-order valence-corrected chi connectivity index (χ2v) is 9.92. The Balaban J connectivity index is 1.97. The van der Waals surface area contributed by atoms with E-state index in [-0.39, 0.29) is 11.4 Å². The van der Waals surface area contributed by atoms with E-state index in [0.717, 1.165) is 14.3 Å². The second-order valence-electron chi connectivity index (χ2n) is 6.77. The maximum Gasteiger partial charge on any atom is 0.264 e. The summed E-state index contributed by atoms with van der Waals surface area (Å²) >= 11 is 9.46. The molecule has 5 nitrogen and oxygen atoms in total. The van der Waals surface area contributed by atoms with Crippen molar-refractivity contribution in [2.75, 3.05) is 16.2 Å². The lowest BCUT2D eigenvalue weighted by Crippen LogP contribution is -2.38. The molecular formula is C22H20BrClN2O3S. The first kappa shape index (κ1) is 22.3. The van der Waals surface area contributed by atoms with Crippen molar-refractivity contribution in [3.8, 4) is 0 Å². The minimum atomic E-state index is -3.97. The van der Waals surface area contributed by atoms with Gasteiger partial charge < -0.3 is 5.32 Å². The molecule has 0 aliphatic rings. The van der Waals surface area contributed by atoms with E-state index in [2.05, 4.69) is 21.2 Å². The van der Waals surface area contributed by atoms with Gasteiger partial charge >= 0.3 is 0 Å². The SMILES string of the molecule is Cc1cc(NC(=O)CN(c2ccc(Cl)cc2C)S(=O)(=O)c2ccccc2)ccc1Br. The van der Waals surface area contributed by atoms with Crippen LogP contribution in [0.3, 0.4) is 0 Å². The number of halogens is 2.